The molecule has 176 valence electrons. The Morgan fingerprint density at radius 1 is 1.15 bits per heavy atom. The van der Waals surface area contributed by atoms with Crippen molar-refractivity contribution in [1.82, 2.24) is 5.32 Å². The molecule has 1 aliphatic heterocycles. The van der Waals surface area contributed by atoms with E-state index in [1.807, 2.05) is 6.07 Å². The minimum absolute atomic E-state index is 0.00586. The Bertz CT molecular complexity index is 1050. The van der Waals surface area contributed by atoms with Gasteiger partial charge >= 0.3 is 12.1 Å². The molecule has 33 heavy (non-hydrogen) atoms. The quantitative estimate of drug-likeness (QED) is 0.549. The number of nitrogens with zero attached hydrogens (tertiary/aromatic N) is 1. The van der Waals surface area contributed by atoms with Crippen molar-refractivity contribution in [3.05, 3.63) is 58.7 Å². The Hall–Kier alpha value is -3.07. The third kappa shape index (κ3) is 5.65. The molecule has 9 heteroatoms. The first kappa shape index (κ1) is 23.1. The van der Waals surface area contributed by atoms with Gasteiger partial charge in [0.1, 0.15) is 12.4 Å². The maximum Gasteiger partial charge on any atom is 0.416 e. The first-order chi connectivity index (χ1) is 15.7. The lowest BCUT2D eigenvalue weighted by Gasteiger charge is -2.18. The van der Waals surface area contributed by atoms with Crippen LogP contribution in [0.25, 0.3) is 0 Å². The van der Waals surface area contributed by atoms with Gasteiger partial charge < -0.3 is 20.1 Å². The molecule has 6 nitrogen and oxygen atoms in total. The highest BCUT2D eigenvalue weighted by Gasteiger charge is 2.38. The third-order valence-corrected chi connectivity index (χ3v) is 5.89. The smallest absolute Gasteiger partial charge is 0.416 e. The van der Waals surface area contributed by atoms with Gasteiger partial charge in [0.25, 0.3) is 0 Å². The maximum absolute atomic E-state index is 13.5. The SMILES string of the molecule is O=C(O)CCNCC(=O)N1CCc2cc(OCc3ccc(C4CC4)c(C(F)(F)F)c3)ccc21. The van der Waals surface area contributed by atoms with Gasteiger partial charge in [-0.05, 0) is 66.1 Å². The van der Waals surface area contributed by atoms with Crippen molar-refractivity contribution in [2.45, 2.75) is 44.4 Å². The van der Waals surface area contributed by atoms with Crippen LogP contribution in [0.4, 0.5) is 18.9 Å². The normalized spacial score (nSPS) is 15.4. The van der Waals surface area contributed by atoms with E-state index >= 15 is 0 Å². The van der Waals surface area contributed by atoms with Crippen molar-refractivity contribution in [3.63, 3.8) is 0 Å². The van der Waals surface area contributed by atoms with Crippen LogP contribution in [0, 0.1) is 0 Å². The van der Waals surface area contributed by atoms with Crippen LogP contribution in [0.1, 0.15) is 47.4 Å². The summed E-state index contributed by atoms with van der Waals surface area (Å²) in [6.45, 7) is 0.786. The lowest BCUT2D eigenvalue weighted by atomic mass is 10.00. The minimum Gasteiger partial charge on any atom is -0.489 e. The molecule has 2 aliphatic rings. The molecule has 1 heterocycles. The number of alkyl halides is 3. The van der Waals surface area contributed by atoms with E-state index in [1.165, 1.54) is 6.07 Å². The summed E-state index contributed by atoms with van der Waals surface area (Å²) in [7, 11) is 0. The van der Waals surface area contributed by atoms with Crippen LogP contribution in [0.15, 0.2) is 36.4 Å². The lowest BCUT2D eigenvalue weighted by molar-refractivity contribution is -0.138. The molecule has 0 bridgehead atoms. The number of amides is 1. The van der Waals surface area contributed by atoms with E-state index in [2.05, 4.69) is 5.32 Å². The molecular weight excluding hydrogens is 437 g/mol. The number of benzene rings is 2. The summed E-state index contributed by atoms with van der Waals surface area (Å²) < 4.78 is 46.1. The second-order valence-electron chi connectivity index (χ2n) is 8.39. The zero-order valence-corrected chi connectivity index (χ0v) is 18.0. The Balaban J connectivity index is 1.37. The van der Waals surface area contributed by atoms with E-state index in [0.29, 0.717) is 29.8 Å². The summed E-state index contributed by atoms with van der Waals surface area (Å²) in [5, 5.41) is 11.5. The van der Waals surface area contributed by atoms with Crippen LogP contribution < -0.4 is 15.0 Å². The molecule has 0 unspecified atom stereocenters. The minimum atomic E-state index is -4.39. The summed E-state index contributed by atoms with van der Waals surface area (Å²) in [6, 6.07) is 9.71. The summed E-state index contributed by atoms with van der Waals surface area (Å²) in [5.74, 6) is -0.542. The number of anilines is 1. The van der Waals surface area contributed by atoms with Gasteiger partial charge in [0, 0.05) is 18.8 Å². The number of carboxylic acid groups (broad SMARTS) is 1. The molecule has 1 saturated carbocycles. The first-order valence-electron chi connectivity index (χ1n) is 10.9. The van der Waals surface area contributed by atoms with Crippen molar-refractivity contribution in [3.8, 4) is 5.75 Å². The molecule has 2 N–H and O–H groups in total. The number of carbonyl (C=O) groups is 2. The standard InChI is InChI=1S/C24H25F3N2O4/c25-24(26,27)20-11-15(1-5-19(20)16-2-3-16)14-33-18-4-6-21-17(12-18)8-10-29(21)22(30)13-28-9-7-23(31)32/h1,4-6,11-12,16,28H,2-3,7-10,13-14H2,(H,31,32). The van der Waals surface area contributed by atoms with Gasteiger partial charge in [-0.1, -0.05) is 12.1 Å². The highest BCUT2D eigenvalue weighted by atomic mass is 19.4. The summed E-state index contributed by atoms with van der Waals surface area (Å²) in [4.78, 5) is 24.6. The van der Waals surface area contributed by atoms with E-state index in [0.717, 1.165) is 24.1 Å². The molecule has 0 radical (unpaired) electrons. The number of carboxylic acids is 1. The van der Waals surface area contributed by atoms with Crippen molar-refractivity contribution in [2.75, 3.05) is 24.5 Å². The third-order valence-electron chi connectivity index (χ3n) is 5.89. The molecule has 0 saturated heterocycles. The predicted molar refractivity (Wildman–Crippen MR) is 115 cm³/mol. The highest BCUT2D eigenvalue weighted by molar-refractivity contribution is 5.96. The van der Waals surface area contributed by atoms with Gasteiger partial charge in [-0.3, -0.25) is 9.59 Å². The number of fused-ring (bicyclic) bond motifs is 1. The molecule has 0 atom stereocenters. The van der Waals surface area contributed by atoms with Crippen LogP contribution in [0.3, 0.4) is 0 Å². The molecule has 1 amide bonds. The molecule has 0 spiro atoms. The molecule has 0 aromatic heterocycles. The van der Waals surface area contributed by atoms with E-state index < -0.39 is 17.7 Å². The van der Waals surface area contributed by atoms with Gasteiger partial charge in [-0.25, -0.2) is 0 Å². The van der Waals surface area contributed by atoms with Crippen LogP contribution in [-0.2, 0) is 28.8 Å². The second kappa shape index (κ2) is 9.43. The Morgan fingerprint density at radius 2 is 1.94 bits per heavy atom. The van der Waals surface area contributed by atoms with E-state index in [9.17, 15) is 22.8 Å². The lowest BCUT2D eigenvalue weighted by Crippen LogP contribution is -2.37. The van der Waals surface area contributed by atoms with Gasteiger partial charge in [-0.15, -0.1) is 0 Å². The predicted octanol–water partition coefficient (Wildman–Crippen LogP) is 4.12. The Labute approximate surface area is 189 Å². The number of nitrogens with one attached hydrogen (secondary N) is 1. The van der Waals surface area contributed by atoms with Crippen molar-refractivity contribution >= 4 is 17.6 Å². The van der Waals surface area contributed by atoms with Crippen LogP contribution in [-0.4, -0.2) is 36.6 Å². The molecule has 1 fully saturated rings. The first-order valence-corrected chi connectivity index (χ1v) is 10.9. The second-order valence-corrected chi connectivity index (χ2v) is 8.39. The van der Waals surface area contributed by atoms with E-state index in [-0.39, 0.29) is 37.9 Å². The average molecular weight is 462 g/mol. The summed E-state index contributed by atoms with van der Waals surface area (Å²) >= 11 is 0. The van der Waals surface area contributed by atoms with Crippen molar-refractivity contribution in [1.29, 1.82) is 0 Å². The largest absolute Gasteiger partial charge is 0.489 e. The number of aliphatic carboxylic acids is 1. The van der Waals surface area contributed by atoms with Gasteiger partial charge in [-0.2, -0.15) is 13.2 Å². The average Bonchev–Trinajstić information content (AvgIpc) is 3.53. The number of carbonyl (C=O) groups excluding carboxylic acids is 1. The van der Waals surface area contributed by atoms with Crippen LogP contribution in [0.5, 0.6) is 5.75 Å². The number of ether oxygens (including phenoxy) is 1. The fourth-order valence-electron chi connectivity index (χ4n) is 4.07. The van der Waals surface area contributed by atoms with Gasteiger partial charge in [0.05, 0.1) is 18.5 Å². The summed E-state index contributed by atoms with van der Waals surface area (Å²) in [5.41, 5.74) is 1.93. The van der Waals surface area contributed by atoms with Gasteiger partial charge in [0.15, 0.2) is 0 Å². The number of hydrogen-bond donors (Lipinski definition) is 2. The Kier molecular flexibility index (Phi) is 6.60. The summed E-state index contributed by atoms with van der Waals surface area (Å²) in [6.07, 6.45) is -2.21. The molecular formula is C24H25F3N2O4. The topological polar surface area (TPSA) is 78.9 Å². The highest BCUT2D eigenvalue weighted by Crippen LogP contribution is 2.46. The van der Waals surface area contributed by atoms with Crippen molar-refractivity contribution < 1.29 is 32.6 Å². The number of halogens is 3. The maximum atomic E-state index is 13.5. The fourth-order valence-corrected chi connectivity index (χ4v) is 4.07. The van der Waals surface area contributed by atoms with Gasteiger partial charge in [0.2, 0.25) is 5.91 Å². The van der Waals surface area contributed by atoms with Crippen LogP contribution >= 0.6 is 0 Å². The zero-order valence-electron chi connectivity index (χ0n) is 18.0. The zero-order chi connectivity index (χ0) is 23.6. The van der Waals surface area contributed by atoms with E-state index in [1.54, 1.807) is 29.2 Å². The van der Waals surface area contributed by atoms with Crippen molar-refractivity contribution in [2.24, 2.45) is 0 Å². The fraction of sp³-hybridized carbons (Fsp3) is 0.417. The molecule has 2 aromatic rings. The van der Waals surface area contributed by atoms with E-state index in [4.69, 9.17) is 9.84 Å². The molecule has 1 aliphatic carbocycles. The van der Waals surface area contributed by atoms with Crippen LogP contribution in [0.2, 0.25) is 0 Å². The molecule has 2 aromatic carbocycles. The molecule has 4 rings (SSSR count). The monoisotopic (exact) mass is 462 g/mol. The number of rotatable bonds is 9. The Morgan fingerprint density at radius 3 is 2.64 bits per heavy atom. The number of hydrogen-bond acceptors (Lipinski definition) is 4.